The highest BCUT2D eigenvalue weighted by Gasteiger charge is 2.70. The number of rotatable bonds is 4. The van der Waals surface area contributed by atoms with Crippen LogP contribution in [0, 0.1) is 5.92 Å². The summed E-state index contributed by atoms with van der Waals surface area (Å²) in [6.07, 6.45) is 0.971. The van der Waals surface area contributed by atoms with Gasteiger partial charge in [0.2, 0.25) is 5.91 Å². The fraction of sp³-hybridized carbons (Fsp3) is 0.391. The topological polar surface area (TPSA) is 62.3 Å². The summed E-state index contributed by atoms with van der Waals surface area (Å²) < 4.78 is 10.5. The number of hydrazine groups is 1. The number of ether oxygens (including phenoxy) is 2. The normalized spacial score (nSPS) is 28.7. The number of nitrogens with zero attached hydrogens (tertiary/aromatic N) is 3. The Bertz CT molecular complexity index is 991. The maximum absolute atomic E-state index is 13.7. The standard InChI is InChI=1S/C23H25N3O4/c1-23-19(21(27)26(22(23)28)16-7-11-18(30-3)12-8-16)20(24-13-4-14-25(23)24)15-5-9-17(29-2)10-6-15/h5-12,19-20H,4,13-14H2,1-3H3/t19-,20-,23-/m0/s1. The van der Waals surface area contributed by atoms with Gasteiger partial charge in [-0.3, -0.25) is 9.59 Å². The van der Waals surface area contributed by atoms with Gasteiger partial charge in [0.05, 0.1) is 31.9 Å². The Kier molecular flexibility index (Phi) is 4.34. The Balaban J connectivity index is 1.58. The van der Waals surface area contributed by atoms with Crippen LogP contribution in [0.1, 0.15) is 24.9 Å². The molecule has 5 rings (SSSR count). The lowest BCUT2D eigenvalue weighted by Crippen LogP contribution is -2.52. The molecule has 7 heteroatoms. The van der Waals surface area contributed by atoms with Gasteiger partial charge in [0.1, 0.15) is 17.0 Å². The second-order valence-corrected chi connectivity index (χ2v) is 8.16. The van der Waals surface area contributed by atoms with Crippen LogP contribution in [-0.4, -0.2) is 54.7 Å². The SMILES string of the molecule is COc1ccc([C@H]2[C@H]3C(=O)N(c4ccc(OC)cc4)C(=O)[C@@]3(C)N3CCCN23)cc1. The zero-order chi connectivity index (χ0) is 21.0. The quantitative estimate of drug-likeness (QED) is 0.726. The minimum Gasteiger partial charge on any atom is -0.497 e. The molecular formula is C23H25N3O4. The molecule has 2 aromatic carbocycles. The molecule has 3 heterocycles. The molecule has 0 radical (unpaired) electrons. The van der Waals surface area contributed by atoms with Gasteiger partial charge < -0.3 is 9.47 Å². The molecule has 0 spiro atoms. The fourth-order valence-electron chi connectivity index (χ4n) is 5.29. The first kappa shape index (κ1) is 19.1. The number of imide groups is 1. The minimum atomic E-state index is -0.891. The number of anilines is 1. The largest absolute Gasteiger partial charge is 0.497 e. The molecule has 0 aromatic heterocycles. The van der Waals surface area contributed by atoms with Gasteiger partial charge in [-0.05, 0) is 55.3 Å². The van der Waals surface area contributed by atoms with E-state index in [1.807, 2.05) is 31.2 Å². The summed E-state index contributed by atoms with van der Waals surface area (Å²) in [5.41, 5.74) is 0.716. The van der Waals surface area contributed by atoms with Gasteiger partial charge in [0, 0.05) is 13.1 Å². The third kappa shape index (κ3) is 2.45. The van der Waals surface area contributed by atoms with Gasteiger partial charge >= 0.3 is 0 Å². The molecule has 0 unspecified atom stereocenters. The number of methoxy groups -OCH3 is 2. The van der Waals surface area contributed by atoms with Gasteiger partial charge in [-0.2, -0.15) is 0 Å². The van der Waals surface area contributed by atoms with Crippen molar-refractivity contribution in [3.05, 3.63) is 54.1 Å². The Morgan fingerprint density at radius 1 is 0.900 bits per heavy atom. The Morgan fingerprint density at radius 3 is 2.10 bits per heavy atom. The number of carbonyl (C=O) groups is 2. The molecule has 0 bridgehead atoms. The van der Waals surface area contributed by atoms with Crippen LogP contribution < -0.4 is 14.4 Å². The average Bonchev–Trinajstić information content (AvgIpc) is 3.40. The number of hydrogen-bond donors (Lipinski definition) is 0. The molecule has 3 saturated heterocycles. The van der Waals surface area contributed by atoms with Crippen molar-refractivity contribution in [2.75, 3.05) is 32.2 Å². The lowest BCUT2D eigenvalue weighted by molar-refractivity contribution is -0.131. The second-order valence-electron chi connectivity index (χ2n) is 8.16. The molecule has 30 heavy (non-hydrogen) atoms. The highest BCUT2D eigenvalue weighted by molar-refractivity contribution is 6.26. The van der Waals surface area contributed by atoms with E-state index in [9.17, 15) is 9.59 Å². The monoisotopic (exact) mass is 407 g/mol. The van der Waals surface area contributed by atoms with Crippen molar-refractivity contribution in [2.45, 2.75) is 24.9 Å². The van der Waals surface area contributed by atoms with Crippen LogP contribution in [0.25, 0.3) is 0 Å². The predicted octanol–water partition coefficient (Wildman–Crippen LogP) is 2.63. The summed E-state index contributed by atoms with van der Waals surface area (Å²) in [6.45, 7) is 3.53. The second kappa shape index (κ2) is 6.82. The first-order valence-corrected chi connectivity index (χ1v) is 10.2. The lowest BCUT2D eigenvalue weighted by atomic mass is 9.81. The van der Waals surface area contributed by atoms with Crippen molar-refractivity contribution in [2.24, 2.45) is 5.92 Å². The molecule has 7 nitrogen and oxygen atoms in total. The van der Waals surface area contributed by atoms with Crippen molar-refractivity contribution in [3.63, 3.8) is 0 Å². The lowest BCUT2D eigenvalue weighted by Gasteiger charge is -2.33. The van der Waals surface area contributed by atoms with Crippen molar-refractivity contribution in [1.29, 1.82) is 0 Å². The molecule has 2 aromatic rings. The van der Waals surface area contributed by atoms with Crippen molar-refractivity contribution >= 4 is 17.5 Å². The highest BCUT2D eigenvalue weighted by atomic mass is 16.5. The van der Waals surface area contributed by atoms with E-state index in [-0.39, 0.29) is 17.9 Å². The van der Waals surface area contributed by atoms with Crippen LogP contribution in [0.2, 0.25) is 0 Å². The number of carbonyl (C=O) groups excluding carboxylic acids is 2. The molecular weight excluding hydrogens is 382 g/mol. The number of fused-ring (bicyclic) bond motifs is 3. The molecule has 0 aliphatic carbocycles. The smallest absolute Gasteiger partial charge is 0.256 e. The summed E-state index contributed by atoms with van der Waals surface area (Å²) in [4.78, 5) is 28.7. The summed E-state index contributed by atoms with van der Waals surface area (Å²) >= 11 is 0. The van der Waals surface area contributed by atoms with Gasteiger partial charge in [-0.15, -0.1) is 0 Å². The van der Waals surface area contributed by atoms with Crippen molar-refractivity contribution in [1.82, 2.24) is 10.0 Å². The van der Waals surface area contributed by atoms with E-state index in [2.05, 4.69) is 10.0 Å². The Morgan fingerprint density at radius 2 is 1.50 bits per heavy atom. The molecule has 3 aliphatic heterocycles. The molecule has 3 atom stereocenters. The van der Waals surface area contributed by atoms with Gasteiger partial charge in [0.15, 0.2) is 0 Å². The summed E-state index contributed by atoms with van der Waals surface area (Å²) in [7, 11) is 3.23. The van der Waals surface area contributed by atoms with Crippen molar-refractivity contribution < 1.29 is 19.1 Å². The summed E-state index contributed by atoms with van der Waals surface area (Å²) in [5.74, 6) is 0.673. The summed E-state index contributed by atoms with van der Waals surface area (Å²) in [6, 6.07) is 14.7. The molecule has 0 N–H and O–H groups in total. The molecule has 3 aliphatic rings. The van der Waals surface area contributed by atoms with E-state index in [0.717, 1.165) is 30.8 Å². The molecule has 2 amide bonds. The molecule has 156 valence electrons. The first-order valence-electron chi connectivity index (χ1n) is 10.2. The van der Waals surface area contributed by atoms with Crippen LogP contribution in [0.3, 0.4) is 0 Å². The predicted molar refractivity (Wildman–Crippen MR) is 111 cm³/mol. The maximum Gasteiger partial charge on any atom is 0.256 e. The third-order valence-corrected chi connectivity index (χ3v) is 6.76. The van der Waals surface area contributed by atoms with Crippen LogP contribution in [0.15, 0.2) is 48.5 Å². The van der Waals surface area contributed by atoms with Gasteiger partial charge in [-0.25, -0.2) is 14.9 Å². The molecule has 3 fully saturated rings. The average molecular weight is 407 g/mol. The van der Waals surface area contributed by atoms with Gasteiger partial charge in [0.25, 0.3) is 5.91 Å². The van der Waals surface area contributed by atoms with Gasteiger partial charge in [-0.1, -0.05) is 12.1 Å². The fourth-order valence-corrected chi connectivity index (χ4v) is 5.29. The Hall–Kier alpha value is -2.90. The maximum atomic E-state index is 13.7. The minimum absolute atomic E-state index is 0.150. The third-order valence-electron chi connectivity index (χ3n) is 6.76. The van der Waals surface area contributed by atoms with Crippen LogP contribution in [0.4, 0.5) is 5.69 Å². The van der Waals surface area contributed by atoms with Crippen molar-refractivity contribution in [3.8, 4) is 11.5 Å². The van der Waals surface area contributed by atoms with Crippen LogP contribution in [-0.2, 0) is 9.59 Å². The zero-order valence-corrected chi connectivity index (χ0v) is 17.4. The summed E-state index contributed by atoms with van der Waals surface area (Å²) in [5, 5.41) is 4.34. The molecule has 0 saturated carbocycles. The Labute approximate surface area is 175 Å². The van der Waals surface area contributed by atoms with E-state index in [4.69, 9.17) is 9.47 Å². The first-order chi connectivity index (χ1) is 14.5. The number of hydrogen-bond acceptors (Lipinski definition) is 6. The highest BCUT2D eigenvalue weighted by Crippen LogP contribution is 2.54. The number of amides is 2. The number of benzene rings is 2. The van der Waals surface area contributed by atoms with Crippen LogP contribution >= 0.6 is 0 Å². The van der Waals surface area contributed by atoms with Crippen LogP contribution in [0.5, 0.6) is 11.5 Å². The van der Waals surface area contributed by atoms with E-state index < -0.39 is 11.5 Å². The van der Waals surface area contributed by atoms with E-state index in [1.165, 1.54) is 4.90 Å². The van der Waals surface area contributed by atoms with E-state index >= 15 is 0 Å². The van der Waals surface area contributed by atoms with E-state index in [1.54, 1.807) is 38.5 Å². The van der Waals surface area contributed by atoms with E-state index in [0.29, 0.717) is 11.4 Å². The zero-order valence-electron chi connectivity index (χ0n) is 17.4.